The fourth-order valence-corrected chi connectivity index (χ4v) is 7.59. The van der Waals surface area contributed by atoms with Gasteiger partial charge in [-0.05, 0) is 85.5 Å². The summed E-state index contributed by atoms with van der Waals surface area (Å²) < 4.78 is 63.5. The van der Waals surface area contributed by atoms with E-state index in [-0.39, 0.29) is 5.56 Å². The summed E-state index contributed by atoms with van der Waals surface area (Å²) in [6, 6.07) is 8.50. The molecule has 0 aliphatic heterocycles. The number of nitrogens with zero attached hydrogens (tertiary/aromatic N) is 1. The van der Waals surface area contributed by atoms with Gasteiger partial charge in [-0.2, -0.15) is 8.78 Å². The zero-order chi connectivity index (χ0) is 21.5. The molecule has 0 aromatic heterocycles. The second-order valence-electron chi connectivity index (χ2n) is 10.3. The monoisotopic (exact) mass is 427 g/mol. The summed E-state index contributed by atoms with van der Waals surface area (Å²) in [5, 5.41) is 0. The highest BCUT2D eigenvalue weighted by Crippen LogP contribution is 2.65. The Morgan fingerprint density at radius 3 is 2.19 bits per heavy atom. The van der Waals surface area contributed by atoms with Crippen LogP contribution in [0.2, 0.25) is 0 Å². The molecule has 0 amide bonds. The van der Waals surface area contributed by atoms with Gasteiger partial charge in [-0.25, -0.2) is 8.78 Å². The van der Waals surface area contributed by atoms with Gasteiger partial charge >= 0.3 is 0 Å². The molecule has 31 heavy (non-hydrogen) atoms. The molecule has 5 heteroatoms. The highest BCUT2D eigenvalue weighted by molar-refractivity contribution is 6.07. The van der Waals surface area contributed by atoms with Gasteiger partial charge in [0.15, 0.2) is 0 Å². The first-order valence-electron chi connectivity index (χ1n) is 11.3. The lowest BCUT2D eigenvalue weighted by atomic mass is 9.47. The van der Waals surface area contributed by atoms with E-state index in [1.807, 2.05) is 12.1 Å². The standard InChI is InChI=1S/C26H25F4N/c1-31-24(26(29,30)25-11-14-6-15(12-25)8-16(7-14)13-25)22-20(27)10-18-9-17-4-2-3-5-19(17)21(18)23(22)28/h2-5,10,14-16H,6-9,11-13H2,1H3/b31-24-. The quantitative estimate of drug-likeness (QED) is 0.322. The van der Waals surface area contributed by atoms with E-state index in [4.69, 9.17) is 0 Å². The Labute approximate surface area is 179 Å². The van der Waals surface area contributed by atoms with Crippen LogP contribution in [0, 0.1) is 34.8 Å². The van der Waals surface area contributed by atoms with Crippen LogP contribution in [0.5, 0.6) is 0 Å². The Morgan fingerprint density at radius 1 is 0.968 bits per heavy atom. The first-order chi connectivity index (χ1) is 14.8. The van der Waals surface area contributed by atoms with E-state index >= 15 is 17.6 Å². The first kappa shape index (κ1) is 19.5. The molecule has 0 unspecified atom stereocenters. The molecule has 1 nitrogen and oxygen atoms in total. The smallest absolute Gasteiger partial charge is 0.286 e. The van der Waals surface area contributed by atoms with Crippen LogP contribution in [0.1, 0.15) is 55.2 Å². The summed E-state index contributed by atoms with van der Waals surface area (Å²) in [4.78, 5) is 3.88. The predicted molar refractivity (Wildman–Crippen MR) is 113 cm³/mol. The maximum Gasteiger partial charge on any atom is 0.295 e. The van der Waals surface area contributed by atoms with E-state index in [1.165, 1.54) is 13.1 Å². The molecule has 0 radical (unpaired) electrons. The molecule has 0 atom stereocenters. The summed E-state index contributed by atoms with van der Waals surface area (Å²) in [5.41, 5.74) is -0.286. The van der Waals surface area contributed by atoms with E-state index in [0.29, 0.717) is 54.6 Å². The SMILES string of the molecule is C/N=C(/c1c(F)cc2c(c1F)-c1ccccc1C2)C(F)(F)C12CC3CC(CC(C3)C1)C2. The molecule has 162 valence electrons. The zero-order valence-corrected chi connectivity index (χ0v) is 17.5. The highest BCUT2D eigenvalue weighted by Gasteiger charge is 2.64. The Balaban J connectivity index is 1.49. The summed E-state index contributed by atoms with van der Waals surface area (Å²) in [6.07, 6.45) is 4.76. The van der Waals surface area contributed by atoms with Crippen molar-refractivity contribution in [2.45, 2.75) is 50.9 Å². The van der Waals surface area contributed by atoms with Crippen molar-refractivity contribution < 1.29 is 17.6 Å². The van der Waals surface area contributed by atoms with Crippen molar-refractivity contribution in [1.29, 1.82) is 0 Å². The van der Waals surface area contributed by atoms with Gasteiger partial charge in [0, 0.05) is 18.0 Å². The third-order valence-electron chi connectivity index (χ3n) is 8.43. The minimum absolute atomic E-state index is 0.245. The summed E-state index contributed by atoms with van der Waals surface area (Å²) >= 11 is 0. The van der Waals surface area contributed by atoms with Crippen molar-refractivity contribution >= 4 is 5.71 Å². The van der Waals surface area contributed by atoms with Crippen molar-refractivity contribution in [3.05, 3.63) is 58.7 Å². The Hall–Kier alpha value is -2.17. The number of rotatable bonds is 3. The second kappa shape index (κ2) is 6.43. The number of halogens is 4. The first-order valence-corrected chi connectivity index (χ1v) is 11.3. The van der Waals surface area contributed by atoms with Crippen molar-refractivity contribution in [3.8, 4) is 11.1 Å². The van der Waals surface area contributed by atoms with E-state index in [2.05, 4.69) is 4.99 Å². The molecule has 7 rings (SSSR count). The maximum absolute atomic E-state index is 16.3. The Morgan fingerprint density at radius 2 is 1.58 bits per heavy atom. The molecule has 4 fully saturated rings. The van der Waals surface area contributed by atoms with Crippen LogP contribution in [-0.4, -0.2) is 18.7 Å². The van der Waals surface area contributed by atoms with Crippen LogP contribution in [-0.2, 0) is 6.42 Å². The van der Waals surface area contributed by atoms with Crippen LogP contribution < -0.4 is 0 Å². The van der Waals surface area contributed by atoms with Crippen molar-refractivity contribution in [2.75, 3.05) is 7.05 Å². The van der Waals surface area contributed by atoms with Gasteiger partial charge in [0.2, 0.25) is 0 Å². The lowest BCUT2D eigenvalue weighted by Gasteiger charge is -2.59. The number of aliphatic imine (C=N–C) groups is 1. The molecular formula is C26H25F4N. The number of alkyl halides is 2. The predicted octanol–water partition coefficient (Wildman–Crippen LogP) is 6.81. The molecule has 2 aromatic carbocycles. The molecule has 4 bridgehead atoms. The molecule has 2 aromatic rings. The van der Waals surface area contributed by atoms with Gasteiger partial charge in [0.05, 0.1) is 5.56 Å². The molecule has 0 saturated heterocycles. The summed E-state index contributed by atoms with van der Waals surface area (Å²) in [6.45, 7) is 0. The molecule has 0 spiro atoms. The lowest BCUT2D eigenvalue weighted by Crippen LogP contribution is -2.58. The van der Waals surface area contributed by atoms with E-state index in [1.54, 1.807) is 12.1 Å². The minimum atomic E-state index is -3.37. The fraction of sp³-hybridized carbons (Fsp3) is 0.500. The van der Waals surface area contributed by atoms with Crippen molar-refractivity contribution in [3.63, 3.8) is 0 Å². The summed E-state index contributed by atoms with van der Waals surface area (Å²) in [5.74, 6) is -4.30. The van der Waals surface area contributed by atoms with Crippen LogP contribution in [0.15, 0.2) is 35.3 Å². The number of hydrogen-bond acceptors (Lipinski definition) is 1. The molecule has 5 aliphatic carbocycles. The third-order valence-corrected chi connectivity index (χ3v) is 8.43. The topological polar surface area (TPSA) is 12.4 Å². The normalized spacial score (nSPS) is 31.1. The minimum Gasteiger partial charge on any atom is -0.286 e. The molecular weight excluding hydrogens is 402 g/mol. The average Bonchev–Trinajstić information content (AvgIpc) is 3.08. The Kier molecular flexibility index (Phi) is 4.05. The lowest BCUT2D eigenvalue weighted by molar-refractivity contribution is -0.166. The van der Waals surface area contributed by atoms with Gasteiger partial charge < -0.3 is 0 Å². The van der Waals surface area contributed by atoms with Crippen LogP contribution >= 0.6 is 0 Å². The number of hydrogen-bond donors (Lipinski definition) is 0. The zero-order valence-electron chi connectivity index (χ0n) is 17.5. The van der Waals surface area contributed by atoms with E-state index < -0.39 is 34.2 Å². The van der Waals surface area contributed by atoms with Crippen molar-refractivity contribution in [1.82, 2.24) is 0 Å². The van der Waals surface area contributed by atoms with Gasteiger partial charge in [-0.3, -0.25) is 4.99 Å². The molecule has 0 N–H and O–H groups in total. The molecule has 0 heterocycles. The van der Waals surface area contributed by atoms with Gasteiger partial charge in [0.25, 0.3) is 5.92 Å². The largest absolute Gasteiger partial charge is 0.295 e. The van der Waals surface area contributed by atoms with Gasteiger partial charge in [-0.15, -0.1) is 0 Å². The van der Waals surface area contributed by atoms with Gasteiger partial charge in [-0.1, -0.05) is 24.3 Å². The van der Waals surface area contributed by atoms with Crippen LogP contribution in [0.4, 0.5) is 17.6 Å². The summed E-state index contributed by atoms with van der Waals surface area (Å²) in [7, 11) is 1.24. The average molecular weight is 427 g/mol. The third kappa shape index (κ3) is 2.58. The molecule has 5 aliphatic rings. The van der Waals surface area contributed by atoms with Gasteiger partial charge in [0.1, 0.15) is 17.3 Å². The van der Waals surface area contributed by atoms with E-state index in [9.17, 15) is 0 Å². The number of fused-ring (bicyclic) bond motifs is 3. The Bertz CT molecular complexity index is 1080. The van der Waals surface area contributed by atoms with Crippen molar-refractivity contribution in [2.24, 2.45) is 28.2 Å². The van der Waals surface area contributed by atoms with Crippen LogP contribution in [0.25, 0.3) is 11.1 Å². The second-order valence-corrected chi connectivity index (χ2v) is 10.3. The highest BCUT2D eigenvalue weighted by atomic mass is 19.3. The van der Waals surface area contributed by atoms with Crippen LogP contribution in [0.3, 0.4) is 0 Å². The van der Waals surface area contributed by atoms with E-state index in [0.717, 1.165) is 24.8 Å². The fourth-order valence-electron chi connectivity index (χ4n) is 7.59. The number of benzene rings is 2. The molecule has 4 saturated carbocycles. The maximum atomic E-state index is 16.3.